The number of anilines is 1. The topological polar surface area (TPSA) is 71.1 Å². The van der Waals surface area contributed by atoms with Crippen LogP contribution in [-0.4, -0.2) is 29.1 Å². The standard InChI is InChI=1S/C21H25N3O2S/c25-20(23-13-16-7-2-1-3-8-16)15-27-19-11-5-4-10-18(19)21(26)24-17-9-6-12-22-14-17/h4-6,9-12,14,16H,1-3,7-8,13,15H2,(H,23,25)(H,24,26). The van der Waals surface area contributed by atoms with Crippen LogP contribution in [0.5, 0.6) is 0 Å². The first kappa shape index (κ1) is 19.4. The molecule has 0 unspecified atom stereocenters. The lowest BCUT2D eigenvalue weighted by molar-refractivity contribution is -0.118. The monoisotopic (exact) mass is 383 g/mol. The van der Waals surface area contributed by atoms with Gasteiger partial charge in [-0.05, 0) is 43.0 Å². The Labute approximate surface area is 164 Å². The van der Waals surface area contributed by atoms with E-state index in [4.69, 9.17) is 0 Å². The quantitative estimate of drug-likeness (QED) is 0.706. The van der Waals surface area contributed by atoms with Crippen molar-refractivity contribution in [2.45, 2.75) is 37.0 Å². The van der Waals surface area contributed by atoms with Crippen molar-refractivity contribution in [3.8, 4) is 0 Å². The minimum Gasteiger partial charge on any atom is -0.355 e. The van der Waals surface area contributed by atoms with Crippen LogP contribution in [0.1, 0.15) is 42.5 Å². The van der Waals surface area contributed by atoms with Crippen molar-refractivity contribution in [1.82, 2.24) is 10.3 Å². The minimum absolute atomic E-state index is 0.0213. The highest BCUT2D eigenvalue weighted by molar-refractivity contribution is 8.00. The van der Waals surface area contributed by atoms with E-state index in [0.29, 0.717) is 22.9 Å². The summed E-state index contributed by atoms with van der Waals surface area (Å²) in [5.41, 5.74) is 1.21. The van der Waals surface area contributed by atoms with Crippen LogP contribution < -0.4 is 10.6 Å². The van der Waals surface area contributed by atoms with Gasteiger partial charge in [0.25, 0.3) is 5.91 Å². The number of hydrogen-bond acceptors (Lipinski definition) is 4. The predicted molar refractivity (Wildman–Crippen MR) is 109 cm³/mol. The largest absolute Gasteiger partial charge is 0.355 e. The number of nitrogens with zero attached hydrogens (tertiary/aromatic N) is 1. The molecule has 1 aromatic heterocycles. The van der Waals surface area contributed by atoms with E-state index >= 15 is 0 Å². The third kappa shape index (κ3) is 6.10. The van der Waals surface area contributed by atoms with Crippen LogP contribution >= 0.6 is 11.8 Å². The molecule has 27 heavy (non-hydrogen) atoms. The van der Waals surface area contributed by atoms with Crippen LogP contribution in [0.3, 0.4) is 0 Å². The molecule has 5 nitrogen and oxygen atoms in total. The van der Waals surface area contributed by atoms with Gasteiger partial charge in [-0.3, -0.25) is 14.6 Å². The SMILES string of the molecule is O=C(CSc1ccccc1C(=O)Nc1cccnc1)NCC1CCCCC1. The van der Waals surface area contributed by atoms with E-state index in [9.17, 15) is 9.59 Å². The summed E-state index contributed by atoms with van der Waals surface area (Å²) >= 11 is 1.39. The summed E-state index contributed by atoms with van der Waals surface area (Å²) in [5.74, 6) is 0.746. The second-order valence-corrected chi connectivity index (χ2v) is 7.81. The molecule has 1 aliphatic carbocycles. The molecule has 2 aromatic rings. The molecular formula is C21H25N3O2S. The molecule has 142 valence electrons. The Balaban J connectivity index is 1.52. The molecule has 2 N–H and O–H groups in total. The smallest absolute Gasteiger partial charge is 0.256 e. The molecule has 0 bridgehead atoms. The van der Waals surface area contributed by atoms with Crippen molar-refractivity contribution >= 4 is 29.3 Å². The van der Waals surface area contributed by atoms with Gasteiger partial charge in [0.1, 0.15) is 0 Å². The maximum absolute atomic E-state index is 12.6. The number of nitrogens with one attached hydrogen (secondary N) is 2. The Morgan fingerprint density at radius 1 is 1.07 bits per heavy atom. The number of rotatable bonds is 7. The highest BCUT2D eigenvalue weighted by Gasteiger charge is 2.16. The summed E-state index contributed by atoms with van der Waals surface area (Å²) in [4.78, 5) is 29.5. The van der Waals surface area contributed by atoms with Crippen LogP contribution in [0.25, 0.3) is 0 Å². The lowest BCUT2D eigenvalue weighted by atomic mass is 9.89. The van der Waals surface area contributed by atoms with Crippen LogP contribution in [0.4, 0.5) is 5.69 Å². The summed E-state index contributed by atoms with van der Waals surface area (Å²) in [6, 6.07) is 10.9. The van der Waals surface area contributed by atoms with Crippen molar-refractivity contribution in [2.75, 3.05) is 17.6 Å². The Kier molecular flexibility index (Phi) is 7.27. The van der Waals surface area contributed by atoms with Gasteiger partial charge in [0.2, 0.25) is 5.91 Å². The van der Waals surface area contributed by atoms with E-state index in [1.165, 1.54) is 43.9 Å². The van der Waals surface area contributed by atoms with E-state index in [-0.39, 0.29) is 11.8 Å². The Morgan fingerprint density at radius 2 is 1.89 bits per heavy atom. The third-order valence-corrected chi connectivity index (χ3v) is 5.80. The lowest BCUT2D eigenvalue weighted by Gasteiger charge is -2.21. The second kappa shape index (κ2) is 10.1. The van der Waals surface area contributed by atoms with E-state index in [0.717, 1.165) is 11.4 Å². The normalized spacial score (nSPS) is 14.5. The fraction of sp³-hybridized carbons (Fsp3) is 0.381. The molecule has 0 atom stereocenters. The third-order valence-electron chi connectivity index (χ3n) is 4.72. The summed E-state index contributed by atoms with van der Waals surface area (Å²) in [6.07, 6.45) is 9.55. The van der Waals surface area contributed by atoms with Crippen molar-refractivity contribution in [2.24, 2.45) is 5.92 Å². The molecule has 1 aliphatic rings. The Morgan fingerprint density at radius 3 is 2.67 bits per heavy atom. The fourth-order valence-electron chi connectivity index (χ4n) is 3.26. The van der Waals surface area contributed by atoms with Crippen molar-refractivity contribution in [3.63, 3.8) is 0 Å². The maximum Gasteiger partial charge on any atom is 0.256 e. The van der Waals surface area contributed by atoms with Gasteiger partial charge in [-0.1, -0.05) is 31.4 Å². The lowest BCUT2D eigenvalue weighted by Crippen LogP contribution is -2.31. The van der Waals surface area contributed by atoms with Crippen molar-refractivity contribution < 1.29 is 9.59 Å². The van der Waals surface area contributed by atoms with Crippen LogP contribution in [-0.2, 0) is 4.79 Å². The van der Waals surface area contributed by atoms with Crippen molar-refractivity contribution in [3.05, 3.63) is 54.4 Å². The molecule has 0 radical (unpaired) electrons. The predicted octanol–water partition coefficient (Wildman–Crippen LogP) is 4.12. The number of thioether (sulfide) groups is 1. The molecule has 0 spiro atoms. The highest BCUT2D eigenvalue weighted by Crippen LogP contribution is 2.24. The van der Waals surface area contributed by atoms with Crippen molar-refractivity contribution in [1.29, 1.82) is 0 Å². The van der Waals surface area contributed by atoms with Gasteiger partial charge >= 0.3 is 0 Å². The summed E-state index contributed by atoms with van der Waals surface area (Å²) < 4.78 is 0. The van der Waals surface area contributed by atoms with Crippen LogP contribution in [0.15, 0.2) is 53.7 Å². The van der Waals surface area contributed by atoms with Gasteiger partial charge in [-0.25, -0.2) is 0 Å². The maximum atomic E-state index is 12.6. The first-order valence-electron chi connectivity index (χ1n) is 9.42. The summed E-state index contributed by atoms with van der Waals surface area (Å²) in [5, 5.41) is 5.88. The summed E-state index contributed by atoms with van der Waals surface area (Å²) in [6.45, 7) is 0.766. The molecule has 1 saturated carbocycles. The van der Waals surface area contributed by atoms with Gasteiger partial charge in [0, 0.05) is 17.6 Å². The average molecular weight is 384 g/mol. The first-order valence-corrected chi connectivity index (χ1v) is 10.4. The average Bonchev–Trinajstić information content (AvgIpc) is 2.72. The fourth-order valence-corrected chi connectivity index (χ4v) is 4.14. The molecule has 1 fully saturated rings. The van der Waals surface area contributed by atoms with E-state index in [2.05, 4.69) is 15.6 Å². The number of carbonyl (C=O) groups excluding carboxylic acids is 2. The van der Waals surface area contributed by atoms with Crippen LogP contribution in [0, 0.1) is 5.92 Å². The first-order chi connectivity index (χ1) is 13.2. The molecule has 1 heterocycles. The van der Waals surface area contributed by atoms with Gasteiger partial charge in [0.05, 0.1) is 23.2 Å². The zero-order valence-corrected chi connectivity index (χ0v) is 16.1. The van der Waals surface area contributed by atoms with Gasteiger partial charge in [0.15, 0.2) is 0 Å². The van der Waals surface area contributed by atoms with Crippen LogP contribution in [0.2, 0.25) is 0 Å². The molecule has 6 heteroatoms. The molecule has 0 aliphatic heterocycles. The van der Waals surface area contributed by atoms with Gasteiger partial charge in [-0.2, -0.15) is 0 Å². The zero-order valence-electron chi connectivity index (χ0n) is 15.3. The summed E-state index contributed by atoms with van der Waals surface area (Å²) in [7, 11) is 0. The molecule has 3 rings (SSSR count). The number of carbonyl (C=O) groups is 2. The molecule has 0 saturated heterocycles. The number of pyridine rings is 1. The zero-order chi connectivity index (χ0) is 18.9. The number of hydrogen-bond donors (Lipinski definition) is 2. The second-order valence-electron chi connectivity index (χ2n) is 6.79. The van der Waals surface area contributed by atoms with Gasteiger partial charge < -0.3 is 10.6 Å². The number of aromatic nitrogens is 1. The van der Waals surface area contributed by atoms with E-state index < -0.39 is 0 Å². The Bertz CT molecular complexity index is 761. The molecular weight excluding hydrogens is 358 g/mol. The molecule has 1 aromatic carbocycles. The van der Waals surface area contributed by atoms with E-state index in [1.54, 1.807) is 30.6 Å². The van der Waals surface area contributed by atoms with Gasteiger partial charge in [-0.15, -0.1) is 11.8 Å². The highest BCUT2D eigenvalue weighted by atomic mass is 32.2. The number of amides is 2. The molecule has 2 amide bonds. The minimum atomic E-state index is -0.200. The number of benzene rings is 1. The van der Waals surface area contributed by atoms with E-state index in [1.807, 2.05) is 18.2 Å². The Hall–Kier alpha value is -2.34.